The molecule has 0 radical (unpaired) electrons. The number of methoxy groups -OCH3 is 1. The number of ether oxygens (including phenoxy) is 1. The van der Waals surface area contributed by atoms with E-state index in [0.29, 0.717) is 11.6 Å². The first-order valence-electron chi connectivity index (χ1n) is 5.39. The number of hydrogen-bond acceptors (Lipinski definition) is 5. The van der Waals surface area contributed by atoms with Crippen LogP contribution >= 0.6 is 0 Å². The summed E-state index contributed by atoms with van der Waals surface area (Å²) in [5, 5.41) is 3.75. The number of benzene rings is 1. The monoisotopic (exact) mass is 251 g/mol. The van der Waals surface area contributed by atoms with Crippen LogP contribution in [0.15, 0.2) is 22.7 Å². The Hall–Kier alpha value is -1.95. The average molecular weight is 251 g/mol. The number of rotatable bonds is 3. The molecule has 96 valence electrons. The minimum atomic E-state index is -0.750. The highest BCUT2D eigenvalue weighted by molar-refractivity contribution is 5.63. The van der Waals surface area contributed by atoms with Crippen molar-refractivity contribution in [1.29, 1.82) is 0 Å². The van der Waals surface area contributed by atoms with Crippen LogP contribution in [0.25, 0.3) is 11.5 Å². The van der Waals surface area contributed by atoms with Crippen LogP contribution < -0.4 is 10.5 Å². The highest BCUT2D eigenvalue weighted by Crippen LogP contribution is 2.31. The number of aromatic nitrogens is 2. The maximum absolute atomic E-state index is 13.8. The van der Waals surface area contributed by atoms with E-state index < -0.39 is 11.4 Å². The molecule has 2 rings (SSSR count). The molecule has 0 aliphatic carbocycles. The maximum Gasteiger partial charge on any atom is 0.264 e. The molecule has 6 heteroatoms. The zero-order valence-corrected chi connectivity index (χ0v) is 10.4. The van der Waals surface area contributed by atoms with Gasteiger partial charge in [0.15, 0.2) is 5.82 Å². The maximum atomic E-state index is 13.8. The normalized spacial score (nSPS) is 11.6. The Morgan fingerprint density at radius 1 is 1.39 bits per heavy atom. The molecule has 0 aliphatic heterocycles. The molecule has 0 fully saturated rings. The summed E-state index contributed by atoms with van der Waals surface area (Å²) in [6, 6.07) is 4.47. The van der Waals surface area contributed by atoms with Crippen molar-refractivity contribution in [2.45, 2.75) is 19.4 Å². The van der Waals surface area contributed by atoms with E-state index in [0.717, 1.165) is 0 Å². The van der Waals surface area contributed by atoms with Gasteiger partial charge in [0, 0.05) is 0 Å². The van der Waals surface area contributed by atoms with Gasteiger partial charge in [-0.15, -0.1) is 0 Å². The van der Waals surface area contributed by atoms with Crippen LogP contribution in [0.5, 0.6) is 5.75 Å². The van der Waals surface area contributed by atoms with Crippen LogP contribution in [0.3, 0.4) is 0 Å². The van der Waals surface area contributed by atoms with Gasteiger partial charge in [0.1, 0.15) is 17.1 Å². The predicted molar refractivity (Wildman–Crippen MR) is 63.5 cm³/mol. The molecule has 2 aromatic rings. The molecule has 0 atom stereocenters. The highest BCUT2D eigenvalue weighted by atomic mass is 19.1. The predicted octanol–water partition coefficient (Wildman–Crippen LogP) is 2.08. The Morgan fingerprint density at radius 3 is 2.67 bits per heavy atom. The molecule has 1 aromatic carbocycles. The summed E-state index contributed by atoms with van der Waals surface area (Å²) in [5.74, 6) is 0.209. The summed E-state index contributed by atoms with van der Waals surface area (Å²) in [6.45, 7) is 3.47. The molecule has 1 aromatic heterocycles. The van der Waals surface area contributed by atoms with Crippen molar-refractivity contribution in [2.75, 3.05) is 7.11 Å². The molecule has 18 heavy (non-hydrogen) atoms. The third-order valence-corrected chi connectivity index (χ3v) is 2.41. The lowest BCUT2D eigenvalue weighted by atomic mass is 10.1. The number of nitrogens with zero attached hydrogens (tertiary/aromatic N) is 2. The molecule has 5 nitrogen and oxygen atoms in total. The van der Waals surface area contributed by atoms with Crippen molar-refractivity contribution < 1.29 is 13.7 Å². The van der Waals surface area contributed by atoms with Crippen LogP contribution in [0.2, 0.25) is 0 Å². The van der Waals surface area contributed by atoms with E-state index in [9.17, 15) is 4.39 Å². The van der Waals surface area contributed by atoms with Gasteiger partial charge in [-0.05, 0) is 26.0 Å². The van der Waals surface area contributed by atoms with Crippen molar-refractivity contribution in [1.82, 2.24) is 10.1 Å². The fourth-order valence-electron chi connectivity index (χ4n) is 1.47. The molecule has 0 aliphatic rings. The number of hydrogen-bond donors (Lipinski definition) is 1. The van der Waals surface area contributed by atoms with Crippen LogP contribution in [0.1, 0.15) is 19.7 Å². The van der Waals surface area contributed by atoms with E-state index in [1.165, 1.54) is 13.2 Å². The van der Waals surface area contributed by atoms with Gasteiger partial charge in [-0.2, -0.15) is 4.98 Å². The largest absolute Gasteiger partial charge is 0.496 e. The van der Waals surface area contributed by atoms with Crippen molar-refractivity contribution in [3.63, 3.8) is 0 Å². The number of nitrogens with two attached hydrogens (primary N) is 1. The van der Waals surface area contributed by atoms with E-state index in [-0.39, 0.29) is 11.5 Å². The van der Waals surface area contributed by atoms with Gasteiger partial charge < -0.3 is 15.0 Å². The standard InChI is InChI=1S/C12H14FN3O2/c1-12(2,14)11-15-10(18-16-11)9-7(13)5-4-6-8(9)17-3/h4-6H,14H2,1-3H3. The molecule has 0 unspecified atom stereocenters. The first-order valence-corrected chi connectivity index (χ1v) is 5.39. The molecule has 0 saturated heterocycles. The fourth-order valence-corrected chi connectivity index (χ4v) is 1.47. The van der Waals surface area contributed by atoms with Gasteiger partial charge >= 0.3 is 0 Å². The van der Waals surface area contributed by atoms with Crippen LogP contribution in [0.4, 0.5) is 4.39 Å². The molecule has 0 spiro atoms. The fraction of sp³-hybridized carbons (Fsp3) is 0.333. The Morgan fingerprint density at radius 2 is 2.11 bits per heavy atom. The molecule has 1 heterocycles. The first-order chi connectivity index (χ1) is 8.43. The van der Waals surface area contributed by atoms with Gasteiger partial charge in [-0.3, -0.25) is 0 Å². The molecular formula is C12H14FN3O2. The summed E-state index contributed by atoms with van der Waals surface area (Å²) in [7, 11) is 1.45. The third kappa shape index (κ3) is 2.19. The summed E-state index contributed by atoms with van der Waals surface area (Å²) in [5.41, 5.74) is 5.24. The minimum Gasteiger partial charge on any atom is -0.496 e. The third-order valence-electron chi connectivity index (χ3n) is 2.41. The lowest BCUT2D eigenvalue weighted by Gasteiger charge is -2.11. The van der Waals surface area contributed by atoms with Crippen molar-refractivity contribution in [2.24, 2.45) is 5.73 Å². The topological polar surface area (TPSA) is 74.2 Å². The minimum absolute atomic E-state index is 0.0541. The number of halogens is 1. The summed E-state index contributed by atoms with van der Waals surface area (Å²) >= 11 is 0. The Kier molecular flexibility index (Phi) is 3.04. The van der Waals surface area contributed by atoms with Crippen LogP contribution in [0, 0.1) is 5.82 Å². The van der Waals surface area contributed by atoms with E-state index in [2.05, 4.69) is 10.1 Å². The average Bonchev–Trinajstić information content (AvgIpc) is 2.77. The van der Waals surface area contributed by atoms with Gasteiger partial charge in [0.05, 0.1) is 12.6 Å². The summed E-state index contributed by atoms with van der Waals surface area (Å²) in [6.07, 6.45) is 0. The van der Waals surface area contributed by atoms with Gasteiger partial charge in [-0.25, -0.2) is 4.39 Å². The molecule has 2 N–H and O–H groups in total. The van der Waals surface area contributed by atoms with Crippen LogP contribution in [-0.2, 0) is 5.54 Å². The second-order valence-electron chi connectivity index (χ2n) is 4.46. The Labute approximate surface area is 104 Å². The van der Waals surface area contributed by atoms with Crippen molar-refractivity contribution in [3.8, 4) is 17.2 Å². The molecule has 0 saturated carbocycles. The highest BCUT2D eigenvalue weighted by Gasteiger charge is 2.24. The lowest BCUT2D eigenvalue weighted by molar-refractivity contribution is 0.387. The second kappa shape index (κ2) is 4.38. The second-order valence-corrected chi connectivity index (χ2v) is 4.46. The van der Waals surface area contributed by atoms with E-state index in [1.807, 2.05) is 0 Å². The Balaban J connectivity index is 2.53. The zero-order valence-electron chi connectivity index (χ0n) is 10.4. The van der Waals surface area contributed by atoms with Crippen molar-refractivity contribution in [3.05, 3.63) is 29.8 Å². The quantitative estimate of drug-likeness (QED) is 0.903. The SMILES string of the molecule is COc1cccc(F)c1-c1nc(C(C)(C)N)no1. The van der Waals surface area contributed by atoms with Crippen LogP contribution in [-0.4, -0.2) is 17.3 Å². The summed E-state index contributed by atoms with van der Waals surface area (Å²) < 4.78 is 23.9. The summed E-state index contributed by atoms with van der Waals surface area (Å²) in [4.78, 5) is 4.10. The molecular weight excluding hydrogens is 237 g/mol. The van der Waals surface area contributed by atoms with E-state index in [4.69, 9.17) is 15.0 Å². The zero-order chi connectivity index (χ0) is 13.3. The first kappa shape index (κ1) is 12.5. The molecule has 0 amide bonds. The van der Waals surface area contributed by atoms with Gasteiger partial charge in [0.25, 0.3) is 5.89 Å². The van der Waals surface area contributed by atoms with Crippen molar-refractivity contribution >= 4 is 0 Å². The molecule has 0 bridgehead atoms. The van der Waals surface area contributed by atoms with E-state index in [1.54, 1.807) is 26.0 Å². The Bertz CT molecular complexity index is 561. The lowest BCUT2D eigenvalue weighted by Crippen LogP contribution is -2.30. The van der Waals surface area contributed by atoms with E-state index >= 15 is 0 Å². The van der Waals surface area contributed by atoms with Gasteiger partial charge in [0.2, 0.25) is 0 Å². The van der Waals surface area contributed by atoms with Gasteiger partial charge in [-0.1, -0.05) is 11.2 Å². The smallest absolute Gasteiger partial charge is 0.264 e.